The number of aromatic nitrogens is 2. The third-order valence-electron chi connectivity index (χ3n) is 3.62. The van der Waals surface area contributed by atoms with Gasteiger partial charge in [0.25, 0.3) is 12.5 Å². The summed E-state index contributed by atoms with van der Waals surface area (Å²) in [7, 11) is 3.12. The van der Waals surface area contributed by atoms with Crippen LogP contribution in [0.2, 0.25) is 0 Å². The molecule has 0 fully saturated rings. The molecule has 0 spiro atoms. The highest BCUT2D eigenvalue weighted by atomic mass is 127. The van der Waals surface area contributed by atoms with E-state index in [0.717, 1.165) is 10.8 Å². The fourth-order valence-corrected chi connectivity index (χ4v) is 2.41. The zero-order valence-electron chi connectivity index (χ0n) is 13.9. The number of carbonyl (C=O) groups excluding carboxylic acids is 1. The first-order valence-corrected chi connectivity index (χ1v) is 7.46. The summed E-state index contributed by atoms with van der Waals surface area (Å²) in [6.07, 6.45) is 3.59. The van der Waals surface area contributed by atoms with E-state index in [1.807, 2.05) is 30.5 Å². The highest BCUT2D eigenvalue weighted by Gasteiger charge is 2.15. The number of amides is 1. The minimum Gasteiger partial charge on any atom is -1.00 e. The summed E-state index contributed by atoms with van der Waals surface area (Å²) >= 11 is 0. The summed E-state index contributed by atoms with van der Waals surface area (Å²) in [5.41, 5.74) is 0.559. The van der Waals surface area contributed by atoms with E-state index in [-0.39, 0.29) is 36.4 Å². The molecule has 1 N–H and O–H groups in total. The van der Waals surface area contributed by atoms with Crippen molar-refractivity contribution in [3.05, 3.63) is 54.9 Å². The van der Waals surface area contributed by atoms with E-state index in [0.29, 0.717) is 17.2 Å². The minimum atomic E-state index is -0.200. The van der Waals surface area contributed by atoms with Crippen molar-refractivity contribution >= 4 is 22.4 Å². The number of ether oxygens (including phenoxy) is 2. The number of rotatable bonds is 5. The van der Waals surface area contributed by atoms with Crippen molar-refractivity contribution in [2.45, 2.75) is 6.54 Å². The summed E-state index contributed by atoms with van der Waals surface area (Å²) < 4.78 is 12.0. The Bertz CT molecular complexity index is 886. The van der Waals surface area contributed by atoms with Crippen molar-refractivity contribution in [1.29, 1.82) is 0 Å². The zero-order chi connectivity index (χ0) is 16.9. The normalized spacial score (nSPS) is 10.0. The number of halogens is 1. The van der Waals surface area contributed by atoms with Crippen LogP contribution in [0.5, 0.6) is 11.5 Å². The lowest BCUT2D eigenvalue weighted by atomic mass is 10.2. The van der Waals surface area contributed by atoms with Gasteiger partial charge in [-0.1, -0.05) is 22.9 Å². The number of hydrogen-bond donors (Lipinski definition) is 1. The smallest absolute Gasteiger partial charge is 0.292 e. The Kier molecular flexibility index (Phi) is 6.51. The second-order valence-corrected chi connectivity index (χ2v) is 5.21. The molecule has 130 valence electrons. The van der Waals surface area contributed by atoms with E-state index in [4.69, 9.17) is 9.47 Å². The monoisotopic (exact) mass is 451 g/mol. The van der Waals surface area contributed by atoms with Crippen LogP contribution < -0.4 is 43.4 Å². The lowest BCUT2D eigenvalue weighted by Gasteiger charge is -2.10. The van der Waals surface area contributed by atoms with Crippen LogP contribution in [0.1, 0.15) is 0 Å². The lowest BCUT2D eigenvalue weighted by molar-refractivity contribution is -0.740. The molecule has 1 aromatic heterocycles. The van der Waals surface area contributed by atoms with Gasteiger partial charge in [0.05, 0.1) is 19.9 Å². The van der Waals surface area contributed by atoms with E-state index in [1.54, 1.807) is 43.3 Å². The fourth-order valence-electron chi connectivity index (χ4n) is 2.41. The number of nitrogens with zero attached hydrogens (tertiary/aromatic N) is 2. The van der Waals surface area contributed by atoms with E-state index in [2.05, 4.69) is 10.4 Å². The Morgan fingerprint density at radius 2 is 1.88 bits per heavy atom. The van der Waals surface area contributed by atoms with Crippen molar-refractivity contribution in [2.24, 2.45) is 0 Å². The van der Waals surface area contributed by atoms with Gasteiger partial charge in [0, 0.05) is 16.8 Å². The standard InChI is InChI=1S/C18H17N3O3.HI/c1-23-15-7-8-17(24-2)16(9-15)20-18(22)12-21-11-14-6-4-3-5-13(14)10-19-21;/h3-11H,12H2,1-2H3;1H. The Morgan fingerprint density at radius 3 is 2.60 bits per heavy atom. The van der Waals surface area contributed by atoms with Crippen molar-refractivity contribution in [3.8, 4) is 11.5 Å². The Hall–Kier alpha value is -2.42. The first-order valence-electron chi connectivity index (χ1n) is 7.46. The molecule has 7 heteroatoms. The third kappa shape index (κ3) is 4.56. The molecular formula is C18H18IN3O3. The number of carbonyl (C=O) groups is 1. The minimum absolute atomic E-state index is 0. The molecule has 1 amide bonds. The summed E-state index contributed by atoms with van der Waals surface area (Å²) in [5.74, 6) is 1.01. The molecule has 2 aromatic carbocycles. The molecule has 6 nitrogen and oxygen atoms in total. The molecule has 0 atom stereocenters. The molecule has 0 aliphatic rings. The molecule has 0 saturated heterocycles. The molecular weight excluding hydrogens is 433 g/mol. The Labute approximate surface area is 162 Å². The second kappa shape index (κ2) is 8.61. The van der Waals surface area contributed by atoms with Gasteiger partial charge >= 0.3 is 0 Å². The molecule has 0 unspecified atom stereocenters. The summed E-state index contributed by atoms with van der Waals surface area (Å²) in [6, 6.07) is 13.1. The molecule has 0 bridgehead atoms. The van der Waals surface area contributed by atoms with Gasteiger partial charge in [-0.05, 0) is 23.3 Å². The quantitative estimate of drug-likeness (QED) is 0.407. The van der Waals surface area contributed by atoms with Crippen LogP contribution in [0, 0.1) is 0 Å². The largest absolute Gasteiger partial charge is 1.00 e. The third-order valence-corrected chi connectivity index (χ3v) is 3.62. The molecule has 3 rings (SSSR count). The molecule has 0 radical (unpaired) electrons. The maximum atomic E-state index is 12.3. The van der Waals surface area contributed by atoms with E-state index in [1.165, 1.54) is 0 Å². The summed E-state index contributed by atoms with van der Waals surface area (Å²) in [4.78, 5) is 12.3. The lowest BCUT2D eigenvalue weighted by Crippen LogP contribution is -3.00. The van der Waals surface area contributed by atoms with Crippen LogP contribution in [0.4, 0.5) is 5.69 Å². The average molecular weight is 451 g/mol. The Balaban J connectivity index is 0.00000225. The highest BCUT2D eigenvalue weighted by molar-refractivity contribution is 5.91. The van der Waals surface area contributed by atoms with Gasteiger partial charge in [-0.2, -0.15) is 0 Å². The maximum absolute atomic E-state index is 12.3. The van der Waals surface area contributed by atoms with Crippen LogP contribution in [0.15, 0.2) is 54.9 Å². The van der Waals surface area contributed by atoms with Gasteiger partial charge in [0.15, 0.2) is 0 Å². The second-order valence-electron chi connectivity index (χ2n) is 5.21. The van der Waals surface area contributed by atoms with E-state index >= 15 is 0 Å². The number of nitrogens with one attached hydrogen (secondary N) is 1. The zero-order valence-corrected chi connectivity index (χ0v) is 16.1. The number of methoxy groups -OCH3 is 2. The molecule has 0 aliphatic heterocycles. The van der Waals surface area contributed by atoms with Gasteiger partial charge in [0.2, 0.25) is 6.20 Å². The summed E-state index contributed by atoms with van der Waals surface area (Å²) in [5, 5.41) is 9.15. The molecule has 0 aliphatic carbocycles. The van der Waals surface area contributed by atoms with Gasteiger partial charge in [-0.25, -0.2) is 0 Å². The number of benzene rings is 2. The van der Waals surface area contributed by atoms with Crippen molar-refractivity contribution in [1.82, 2.24) is 5.10 Å². The van der Waals surface area contributed by atoms with Crippen molar-refractivity contribution in [2.75, 3.05) is 19.5 Å². The van der Waals surface area contributed by atoms with E-state index in [9.17, 15) is 4.79 Å². The van der Waals surface area contributed by atoms with Crippen LogP contribution in [0.25, 0.3) is 10.8 Å². The highest BCUT2D eigenvalue weighted by Crippen LogP contribution is 2.28. The van der Waals surface area contributed by atoms with Gasteiger partial charge in [-0.15, -0.1) is 0 Å². The first-order chi connectivity index (χ1) is 11.7. The first kappa shape index (κ1) is 18.9. The summed E-state index contributed by atoms with van der Waals surface area (Å²) in [6.45, 7) is 0.102. The number of hydrogen-bond acceptors (Lipinski definition) is 4. The molecule has 3 aromatic rings. The maximum Gasteiger partial charge on any atom is 0.292 e. The van der Waals surface area contributed by atoms with Crippen molar-refractivity contribution < 1.29 is 42.9 Å². The van der Waals surface area contributed by atoms with Crippen LogP contribution in [-0.4, -0.2) is 25.2 Å². The van der Waals surface area contributed by atoms with Gasteiger partial charge in [0.1, 0.15) is 17.7 Å². The molecule has 0 saturated carbocycles. The van der Waals surface area contributed by atoms with Crippen LogP contribution in [0.3, 0.4) is 0 Å². The predicted octanol–water partition coefficient (Wildman–Crippen LogP) is -0.818. The molecule has 1 heterocycles. The number of anilines is 1. The van der Waals surface area contributed by atoms with E-state index < -0.39 is 0 Å². The SMILES string of the molecule is COc1ccc(OC)c(NC(=O)C[n+]2cc3ccccc3cn2)c1.[I-]. The van der Waals surface area contributed by atoms with Gasteiger partial charge < -0.3 is 38.8 Å². The molecule has 25 heavy (non-hydrogen) atoms. The van der Waals surface area contributed by atoms with Gasteiger partial charge in [-0.3, -0.25) is 4.79 Å². The van der Waals surface area contributed by atoms with Crippen LogP contribution in [-0.2, 0) is 11.3 Å². The average Bonchev–Trinajstić information content (AvgIpc) is 2.61. The van der Waals surface area contributed by atoms with Crippen molar-refractivity contribution in [3.63, 3.8) is 0 Å². The topological polar surface area (TPSA) is 64.3 Å². The fraction of sp³-hybridized carbons (Fsp3) is 0.167. The van der Waals surface area contributed by atoms with Crippen LogP contribution >= 0.6 is 0 Å². The Morgan fingerprint density at radius 1 is 1.12 bits per heavy atom. The number of fused-ring (bicyclic) bond motifs is 1. The predicted molar refractivity (Wildman–Crippen MR) is 90.1 cm³/mol.